The molecule has 0 aliphatic heterocycles. The number of carbonyl (C=O) groups is 1. The quantitative estimate of drug-likeness (QED) is 0.941. The summed E-state index contributed by atoms with van der Waals surface area (Å²) >= 11 is 11.4. The predicted molar refractivity (Wildman–Crippen MR) is 70.8 cm³/mol. The molecule has 18 heavy (non-hydrogen) atoms. The van der Waals surface area contributed by atoms with E-state index in [0.29, 0.717) is 10.8 Å². The third-order valence-corrected chi connectivity index (χ3v) is 2.61. The van der Waals surface area contributed by atoms with Crippen molar-refractivity contribution < 1.29 is 4.79 Å². The highest BCUT2D eigenvalue weighted by molar-refractivity contribution is 6.30. The van der Waals surface area contributed by atoms with Gasteiger partial charge in [-0.2, -0.15) is 0 Å². The smallest absolute Gasteiger partial charge is 0.229 e. The van der Waals surface area contributed by atoms with Gasteiger partial charge in [0.25, 0.3) is 0 Å². The van der Waals surface area contributed by atoms with Crippen molar-refractivity contribution in [3.63, 3.8) is 0 Å². The van der Waals surface area contributed by atoms with E-state index in [4.69, 9.17) is 23.2 Å². The molecule has 0 saturated heterocycles. The van der Waals surface area contributed by atoms with Crippen LogP contribution in [0.15, 0.2) is 36.7 Å². The molecule has 4 nitrogen and oxygen atoms in total. The molecule has 0 spiro atoms. The predicted octanol–water partition coefficient (Wildman–Crippen LogP) is 2.96. The van der Waals surface area contributed by atoms with Crippen molar-refractivity contribution in [2.45, 2.75) is 6.42 Å². The Morgan fingerprint density at radius 1 is 1.11 bits per heavy atom. The Balaban J connectivity index is 1.96. The molecule has 92 valence electrons. The van der Waals surface area contributed by atoms with E-state index in [2.05, 4.69) is 15.3 Å². The number of nitrogens with zero attached hydrogens (tertiary/aromatic N) is 2. The third kappa shape index (κ3) is 3.68. The van der Waals surface area contributed by atoms with Crippen molar-refractivity contribution in [1.29, 1.82) is 0 Å². The number of amides is 1. The highest BCUT2D eigenvalue weighted by atomic mass is 35.5. The molecule has 0 aliphatic carbocycles. The second-order valence-corrected chi connectivity index (χ2v) is 4.40. The van der Waals surface area contributed by atoms with E-state index in [1.807, 2.05) is 0 Å². The van der Waals surface area contributed by atoms with Gasteiger partial charge in [-0.1, -0.05) is 35.3 Å². The molecular formula is C12H9Cl2N3O. The molecule has 0 unspecified atom stereocenters. The van der Waals surface area contributed by atoms with Crippen LogP contribution in [0.1, 0.15) is 5.56 Å². The first-order valence-electron chi connectivity index (χ1n) is 5.15. The van der Waals surface area contributed by atoms with Gasteiger partial charge < -0.3 is 5.32 Å². The first kappa shape index (κ1) is 12.8. The Kier molecular flexibility index (Phi) is 4.12. The lowest BCUT2D eigenvalue weighted by atomic mass is 10.1. The fourth-order valence-electron chi connectivity index (χ4n) is 1.35. The molecule has 2 aromatic rings. The summed E-state index contributed by atoms with van der Waals surface area (Å²) in [4.78, 5) is 19.5. The lowest BCUT2D eigenvalue weighted by molar-refractivity contribution is -0.115. The minimum absolute atomic E-state index is 0.172. The molecule has 1 heterocycles. The number of carbonyl (C=O) groups excluding carboxylic acids is 1. The number of hydrogen-bond donors (Lipinski definition) is 1. The van der Waals surface area contributed by atoms with Crippen LogP contribution in [-0.2, 0) is 11.2 Å². The van der Waals surface area contributed by atoms with Gasteiger partial charge in [0, 0.05) is 5.02 Å². The Morgan fingerprint density at radius 3 is 2.44 bits per heavy atom. The normalized spacial score (nSPS) is 10.1. The van der Waals surface area contributed by atoms with Crippen molar-refractivity contribution in [1.82, 2.24) is 9.97 Å². The molecule has 1 amide bonds. The Hall–Kier alpha value is -1.65. The van der Waals surface area contributed by atoms with E-state index in [1.54, 1.807) is 24.3 Å². The molecule has 1 aromatic heterocycles. The van der Waals surface area contributed by atoms with Gasteiger partial charge >= 0.3 is 0 Å². The highest BCUT2D eigenvalue weighted by Gasteiger charge is 2.05. The number of halogens is 2. The topological polar surface area (TPSA) is 54.9 Å². The molecule has 0 radical (unpaired) electrons. The molecule has 0 aliphatic rings. The zero-order valence-electron chi connectivity index (χ0n) is 9.23. The van der Waals surface area contributed by atoms with E-state index in [0.717, 1.165) is 5.56 Å². The lowest BCUT2D eigenvalue weighted by Crippen LogP contribution is -2.15. The second kappa shape index (κ2) is 5.80. The van der Waals surface area contributed by atoms with E-state index >= 15 is 0 Å². The minimum atomic E-state index is -0.172. The summed E-state index contributed by atoms with van der Waals surface area (Å²) in [6, 6.07) is 7.09. The number of hydrogen-bond acceptors (Lipinski definition) is 3. The van der Waals surface area contributed by atoms with Gasteiger partial charge in [0.15, 0.2) is 5.82 Å². The summed E-state index contributed by atoms with van der Waals surface area (Å²) in [6.45, 7) is 0. The third-order valence-electron chi connectivity index (χ3n) is 2.17. The number of anilines is 1. The van der Waals surface area contributed by atoms with Crippen LogP contribution >= 0.6 is 23.2 Å². The molecule has 1 N–H and O–H groups in total. The van der Waals surface area contributed by atoms with Gasteiger partial charge in [0.1, 0.15) is 5.15 Å². The van der Waals surface area contributed by atoms with E-state index < -0.39 is 0 Å². The van der Waals surface area contributed by atoms with Crippen molar-refractivity contribution in [2.24, 2.45) is 0 Å². The zero-order chi connectivity index (χ0) is 13.0. The van der Waals surface area contributed by atoms with Crippen LogP contribution in [0.25, 0.3) is 0 Å². The van der Waals surface area contributed by atoms with Crippen molar-refractivity contribution in [3.8, 4) is 0 Å². The minimum Gasteiger partial charge on any atom is -0.309 e. The summed E-state index contributed by atoms with van der Waals surface area (Å²) in [5.74, 6) is 0.201. The van der Waals surface area contributed by atoms with E-state index in [-0.39, 0.29) is 17.5 Å². The largest absolute Gasteiger partial charge is 0.309 e. The van der Waals surface area contributed by atoms with Crippen LogP contribution < -0.4 is 5.32 Å². The molecule has 0 fully saturated rings. The van der Waals surface area contributed by atoms with Gasteiger partial charge in [-0.15, -0.1) is 0 Å². The molecule has 1 aromatic carbocycles. The van der Waals surface area contributed by atoms with Gasteiger partial charge in [0.2, 0.25) is 5.91 Å². The lowest BCUT2D eigenvalue weighted by Gasteiger charge is -2.04. The van der Waals surface area contributed by atoms with Crippen LogP contribution in [0, 0.1) is 0 Å². The van der Waals surface area contributed by atoms with Gasteiger partial charge in [-0.3, -0.25) is 4.79 Å². The molecule has 6 heteroatoms. The first-order valence-corrected chi connectivity index (χ1v) is 5.91. The number of nitrogens with one attached hydrogen (secondary N) is 1. The van der Waals surface area contributed by atoms with Gasteiger partial charge in [0.05, 0.1) is 18.8 Å². The van der Waals surface area contributed by atoms with E-state index in [1.165, 1.54) is 12.4 Å². The van der Waals surface area contributed by atoms with Crippen LogP contribution in [0.2, 0.25) is 10.2 Å². The SMILES string of the molecule is O=C(Cc1ccc(Cl)cc1)Nc1cnc(Cl)cn1. The van der Waals surface area contributed by atoms with Crippen LogP contribution in [0.5, 0.6) is 0 Å². The molecule has 0 saturated carbocycles. The van der Waals surface area contributed by atoms with Gasteiger partial charge in [-0.25, -0.2) is 9.97 Å². The number of benzene rings is 1. The second-order valence-electron chi connectivity index (χ2n) is 3.58. The van der Waals surface area contributed by atoms with Crippen molar-refractivity contribution in [3.05, 3.63) is 52.4 Å². The Bertz CT molecular complexity index is 491. The first-order chi connectivity index (χ1) is 8.63. The number of aromatic nitrogens is 2. The Labute approximate surface area is 114 Å². The van der Waals surface area contributed by atoms with Gasteiger partial charge in [-0.05, 0) is 17.7 Å². The van der Waals surface area contributed by atoms with Crippen molar-refractivity contribution >= 4 is 34.9 Å². The summed E-state index contributed by atoms with van der Waals surface area (Å²) in [5, 5.41) is 3.55. The molecular weight excluding hydrogens is 273 g/mol. The van der Waals surface area contributed by atoms with Crippen LogP contribution in [-0.4, -0.2) is 15.9 Å². The standard InChI is InChI=1S/C12H9Cl2N3O/c13-9-3-1-8(2-4-9)5-12(18)17-11-7-15-10(14)6-16-11/h1-4,6-7H,5H2,(H,16,17,18). The average molecular weight is 282 g/mol. The summed E-state index contributed by atoms with van der Waals surface area (Å²) < 4.78 is 0. The average Bonchev–Trinajstić information content (AvgIpc) is 2.35. The maximum atomic E-state index is 11.7. The fraction of sp³-hybridized carbons (Fsp3) is 0.0833. The summed E-state index contributed by atoms with van der Waals surface area (Å²) in [7, 11) is 0. The summed E-state index contributed by atoms with van der Waals surface area (Å²) in [5.41, 5.74) is 0.874. The summed E-state index contributed by atoms with van der Waals surface area (Å²) in [6.07, 6.45) is 3.03. The zero-order valence-corrected chi connectivity index (χ0v) is 10.7. The van der Waals surface area contributed by atoms with E-state index in [9.17, 15) is 4.79 Å². The Morgan fingerprint density at radius 2 is 1.83 bits per heavy atom. The van der Waals surface area contributed by atoms with Crippen molar-refractivity contribution in [2.75, 3.05) is 5.32 Å². The maximum Gasteiger partial charge on any atom is 0.229 e. The molecule has 2 rings (SSSR count). The highest BCUT2D eigenvalue weighted by Crippen LogP contribution is 2.11. The number of rotatable bonds is 3. The molecule has 0 bridgehead atoms. The van der Waals surface area contributed by atoms with Crippen LogP contribution in [0.3, 0.4) is 0 Å². The monoisotopic (exact) mass is 281 g/mol. The van der Waals surface area contributed by atoms with Crippen LogP contribution in [0.4, 0.5) is 5.82 Å². The molecule has 0 atom stereocenters. The fourth-order valence-corrected chi connectivity index (χ4v) is 1.58. The maximum absolute atomic E-state index is 11.7.